The van der Waals surface area contributed by atoms with Gasteiger partial charge in [-0.15, -0.1) is 0 Å². The van der Waals surface area contributed by atoms with E-state index in [0.29, 0.717) is 0 Å². The number of hydrogen-bond acceptors (Lipinski definition) is 2. The molecule has 1 aliphatic heterocycles. The average Bonchev–Trinajstić information content (AvgIpc) is 2.29. The summed E-state index contributed by atoms with van der Waals surface area (Å²) in [7, 11) is 0. The van der Waals surface area contributed by atoms with E-state index in [1.807, 2.05) is 54.2 Å². The van der Waals surface area contributed by atoms with Crippen molar-refractivity contribution >= 4 is 22.2 Å². The van der Waals surface area contributed by atoms with Gasteiger partial charge in [-0.05, 0) is 0 Å². The van der Waals surface area contributed by atoms with Gasteiger partial charge in [0.05, 0.1) is 0 Å². The van der Waals surface area contributed by atoms with Crippen molar-refractivity contribution in [3.05, 3.63) is 48.5 Å². The summed E-state index contributed by atoms with van der Waals surface area (Å²) in [6, 6.07) is 15.2. The Labute approximate surface area is 96.5 Å². The van der Waals surface area contributed by atoms with Crippen molar-refractivity contribution in [1.29, 1.82) is 0 Å². The molecule has 0 fully saturated rings. The van der Waals surface area contributed by atoms with Gasteiger partial charge in [-0.25, -0.2) is 0 Å². The molecule has 0 saturated carbocycles. The van der Waals surface area contributed by atoms with Gasteiger partial charge in [0.15, 0.2) is 0 Å². The Bertz CT molecular complexity index is 555. The van der Waals surface area contributed by atoms with Crippen molar-refractivity contribution in [2.24, 2.45) is 0 Å². The van der Waals surface area contributed by atoms with E-state index in [4.69, 9.17) is 4.74 Å². The second-order valence-electron chi connectivity index (χ2n) is 3.96. The summed E-state index contributed by atoms with van der Waals surface area (Å²) in [5.74, 6) is 1.48. The predicted octanol–water partition coefficient (Wildman–Crippen LogP) is 1.91. The van der Waals surface area contributed by atoms with Gasteiger partial charge >= 0.3 is 96.4 Å². The van der Waals surface area contributed by atoms with E-state index in [-0.39, 0.29) is 0 Å². The zero-order valence-electron chi connectivity index (χ0n) is 8.88. The van der Waals surface area contributed by atoms with Gasteiger partial charge in [-0.2, -0.15) is 0 Å². The molecular formula is C13H11AsO2. The SMILES string of the molecule is C[As]1(=O)c2ccccc2Oc2ccccc21. The van der Waals surface area contributed by atoms with Crippen molar-refractivity contribution in [2.45, 2.75) is 5.71 Å². The van der Waals surface area contributed by atoms with Gasteiger partial charge in [0.1, 0.15) is 0 Å². The molecule has 2 aromatic rings. The molecule has 16 heavy (non-hydrogen) atoms. The molecule has 3 rings (SSSR count). The Morgan fingerprint density at radius 1 is 0.875 bits per heavy atom. The predicted molar refractivity (Wildman–Crippen MR) is 64.5 cm³/mol. The molecule has 0 atom stereocenters. The van der Waals surface area contributed by atoms with E-state index in [9.17, 15) is 3.74 Å². The molecule has 0 bridgehead atoms. The van der Waals surface area contributed by atoms with E-state index < -0.39 is 13.5 Å². The molecule has 0 saturated heterocycles. The first-order valence-corrected chi connectivity index (χ1v) is 9.66. The fourth-order valence-electron chi connectivity index (χ4n) is 2.04. The molecule has 0 unspecified atom stereocenters. The van der Waals surface area contributed by atoms with Crippen LogP contribution in [0, 0.1) is 0 Å². The van der Waals surface area contributed by atoms with Gasteiger partial charge in [-0.1, -0.05) is 0 Å². The normalized spacial score (nSPS) is 15.8. The molecule has 0 radical (unpaired) electrons. The van der Waals surface area contributed by atoms with Gasteiger partial charge in [0.2, 0.25) is 0 Å². The van der Waals surface area contributed by atoms with Crippen LogP contribution >= 0.6 is 0 Å². The molecule has 1 heterocycles. The molecule has 2 aromatic carbocycles. The van der Waals surface area contributed by atoms with Crippen molar-refractivity contribution in [1.82, 2.24) is 0 Å². The van der Waals surface area contributed by atoms with E-state index in [2.05, 4.69) is 0 Å². The number of para-hydroxylation sites is 2. The third-order valence-corrected chi connectivity index (χ3v) is 8.28. The standard InChI is InChI=1S/C13H11AsO2/c1-14(15)10-6-2-4-8-12(10)16-13-9-5-3-7-11(13)14/h2-9H,1H3. The fourth-order valence-corrected chi connectivity index (χ4v) is 6.41. The topological polar surface area (TPSA) is 26.3 Å². The summed E-state index contributed by atoms with van der Waals surface area (Å²) < 4.78 is 20.4. The fraction of sp³-hybridized carbons (Fsp3) is 0.0769. The van der Waals surface area contributed by atoms with E-state index in [1.54, 1.807) is 0 Å². The summed E-state index contributed by atoms with van der Waals surface area (Å²) in [6.45, 7) is 0. The number of ether oxygens (including phenoxy) is 1. The van der Waals surface area contributed by atoms with E-state index in [0.717, 1.165) is 20.2 Å². The molecule has 0 amide bonds. The summed E-state index contributed by atoms with van der Waals surface area (Å²) >= 11 is -3.18. The first kappa shape index (κ1) is 9.80. The van der Waals surface area contributed by atoms with Crippen LogP contribution in [0.5, 0.6) is 11.5 Å². The van der Waals surface area contributed by atoms with Gasteiger partial charge < -0.3 is 0 Å². The average molecular weight is 274 g/mol. The number of fused-ring (bicyclic) bond motifs is 2. The molecular weight excluding hydrogens is 263 g/mol. The third-order valence-electron chi connectivity index (χ3n) is 2.87. The Morgan fingerprint density at radius 3 is 1.81 bits per heavy atom. The molecule has 0 N–H and O–H groups in total. The molecule has 0 aromatic heterocycles. The van der Waals surface area contributed by atoms with Crippen LogP contribution in [-0.4, -0.2) is 13.5 Å². The van der Waals surface area contributed by atoms with Crippen LogP contribution in [0.3, 0.4) is 0 Å². The van der Waals surface area contributed by atoms with Crippen LogP contribution in [0.4, 0.5) is 0 Å². The summed E-state index contributed by atoms with van der Waals surface area (Å²) in [5, 5.41) is 0. The zero-order chi connectivity index (χ0) is 11.2. The Balaban J connectivity index is 2.33. The molecule has 2 nitrogen and oxygen atoms in total. The maximum absolute atomic E-state index is 12.9. The summed E-state index contributed by atoms with van der Waals surface area (Å²) in [5.41, 5.74) is 1.86. The van der Waals surface area contributed by atoms with Crippen molar-refractivity contribution in [2.75, 3.05) is 0 Å². The molecule has 1 aliphatic rings. The first-order valence-electron chi connectivity index (χ1n) is 5.14. The van der Waals surface area contributed by atoms with Crippen LogP contribution in [-0.2, 0) is 3.74 Å². The number of rotatable bonds is 0. The van der Waals surface area contributed by atoms with Crippen LogP contribution in [0.25, 0.3) is 0 Å². The van der Waals surface area contributed by atoms with Gasteiger partial charge in [0, 0.05) is 0 Å². The molecule has 0 aliphatic carbocycles. The summed E-state index contributed by atoms with van der Waals surface area (Å²) in [6.07, 6.45) is 0. The minimum atomic E-state index is -3.18. The monoisotopic (exact) mass is 274 g/mol. The van der Waals surface area contributed by atoms with Crippen LogP contribution < -0.4 is 13.4 Å². The quantitative estimate of drug-likeness (QED) is 0.686. The number of hydrogen-bond donors (Lipinski definition) is 0. The van der Waals surface area contributed by atoms with Crippen LogP contribution in [0.2, 0.25) is 5.71 Å². The van der Waals surface area contributed by atoms with Gasteiger partial charge in [-0.3, -0.25) is 0 Å². The Morgan fingerprint density at radius 2 is 1.31 bits per heavy atom. The second-order valence-corrected chi connectivity index (χ2v) is 9.86. The van der Waals surface area contributed by atoms with Crippen molar-refractivity contribution < 1.29 is 8.48 Å². The van der Waals surface area contributed by atoms with Crippen LogP contribution in [0.15, 0.2) is 48.5 Å². The third kappa shape index (κ3) is 1.27. The maximum atomic E-state index is 12.9. The minimum absolute atomic E-state index is 0.742. The molecule has 3 heteroatoms. The zero-order valence-corrected chi connectivity index (χ0v) is 10.8. The summed E-state index contributed by atoms with van der Waals surface area (Å²) in [4.78, 5) is 0. The molecule has 0 spiro atoms. The Kier molecular flexibility index (Phi) is 2.02. The van der Waals surface area contributed by atoms with E-state index >= 15 is 0 Å². The Hall–Kier alpha value is -1.40. The first-order chi connectivity index (χ1) is 7.69. The second kappa shape index (κ2) is 3.29. The van der Waals surface area contributed by atoms with Crippen molar-refractivity contribution in [3.63, 3.8) is 0 Å². The van der Waals surface area contributed by atoms with E-state index in [1.165, 1.54) is 0 Å². The van der Waals surface area contributed by atoms with Crippen molar-refractivity contribution in [3.8, 4) is 11.5 Å². The van der Waals surface area contributed by atoms with Crippen LogP contribution in [0.1, 0.15) is 0 Å². The van der Waals surface area contributed by atoms with Gasteiger partial charge in [0.25, 0.3) is 0 Å². The molecule has 80 valence electrons. The number of benzene rings is 2.